The lowest BCUT2D eigenvalue weighted by atomic mass is 9.98. The fraction of sp³-hybridized carbons (Fsp3) is 1.00. The van der Waals surface area contributed by atoms with Crippen LogP contribution in [0.25, 0.3) is 0 Å². The predicted octanol–water partition coefficient (Wildman–Crippen LogP) is 0.715. The number of hydrogen-bond donors (Lipinski definition) is 0. The first-order valence-corrected chi connectivity index (χ1v) is 6.02. The van der Waals surface area contributed by atoms with Gasteiger partial charge in [0.1, 0.15) is 0 Å². The average molecular weight is 211 g/mol. The molecule has 15 heavy (non-hydrogen) atoms. The summed E-state index contributed by atoms with van der Waals surface area (Å²) >= 11 is 0. The topological polar surface area (TPSA) is 9.72 Å². The van der Waals surface area contributed by atoms with Gasteiger partial charge in [-0.25, -0.2) is 0 Å². The van der Waals surface area contributed by atoms with E-state index in [4.69, 9.17) is 0 Å². The summed E-state index contributed by atoms with van der Waals surface area (Å²) in [6.45, 7) is 8.43. The van der Waals surface area contributed by atoms with E-state index < -0.39 is 0 Å². The molecular weight excluding hydrogens is 186 g/mol. The Morgan fingerprint density at radius 1 is 1.07 bits per heavy atom. The second-order valence-electron chi connectivity index (χ2n) is 6.09. The monoisotopic (exact) mass is 211 g/mol. The third-order valence-electron chi connectivity index (χ3n) is 4.45. The third-order valence-corrected chi connectivity index (χ3v) is 4.45. The molecule has 3 nitrogen and oxygen atoms in total. The number of rotatable bonds is 2. The van der Waals surface area contributed by atoms with Gasteiger partial charge in [0.05, 0.1) is 0 Å². The van der Waals surface area contributed by atoms with Crippen LogP contribution in [0.4, 0.5) is 0 Å². The van der Waals surface area contributed by atoms with Crippen molar-refractivity contribution in [1.82, 2.24) is 14.7 Å². The van der Waals surface area contributed by atoms with E-state index in [1.807, 2.05) is 0 Å². The highest BCUT2D eigenvalue weighted by molar-refractivity contribution is 4.98. The maximum atomic E-state index is 2.60. The Bertz CT molecular complexity index is 233. The van der Waals surface area contributed by atoms with Crippen LogP contribution in [-0.2, 0) is 0 Å². The lowest BCUT2D eigenvalue weighted by Gasteiger charge is -2.44. The summed E-state index contributed by atoms with van der Waals surface area (Å²) in [5, 5.41) is 0. The first-order chi connectivity index (χ1) is 6.90. The maximum absolute atomic E-state index is 2.60. The van der Waals surface area contributed by atoms with Crippen molar-refractivity contribution in [3.05, 3.63) is 0 Å². The number of nitrogens with zero attached hydrogens (tertiary/aromatic N) is 3. The van der Waals surface area contributed by atoms with E-state index in [0.717, 1.165) is 12.1 Å². The van der Waals surface area contributed by atoms with Gasteiger partial charge in [-0.2, -0.15) is 0 Å². The van der Waals surface area contributed by atoms with Gasteiger partial charge in [-0.3, -0.25) is 9.80 Å². The van der Waals surface area contributed by atoms with E-state index in [-0.39, 0.29) is 0 Å². The van der Waals surface area contributed by atoms with Gasteiger partial charge >= 0.3 is 0 Å². The molecule has 0 saturated carbocycles. The largest absolute Gasteiger partial charge is 0.303 e. The minimum absolute atomic E-state index is 0.384. The fourth-order valence-electron chi connectivity index (χ4n) is 2.85. The predicted molar refractivity (Wildman–Crippen MR) is 64.2 cm³/mol. The van der Waals surface area contributed by atoms with Gasteiger partial charge in [0.2, 0.25) is 0 Å². The van der Waals surface area contributed by atoms with Crippen LogP contribution in [0.1, 0.15) is 20.3 Å². The molecule has 0 aromatic carbocycles. The summed E-state index contributed by atoms with van der Waals surface area (Å²) in [6, 6.07) is 1.55. The highest BCUT2D eigenvalue weighted by Crippen LogP contribution is 2.31. The molecule has 0 aromatic heterocycles. The van der Waals surface area contributed by atoms with Crippen molar-refractivity contribution in [2.75, 3.05) is 40.8 Å². The average Bonchev–Trinajstić information content (AvgIpc) is 2.35. The lowest BCUT2D eigenvalue weighted by molar-refractivity contribution is 0.0448. The molecule has 0 aromatic rings. The molecule has 1 atom stereocenters. The van der Waals surface area contributed by atoms with E-state index in [2.05, 4.69) is 49.7 Å². The smallest absolute Gasteiger partial charge is 0.0350 e. The van der Waals surface area contributed by atoms with E-state index in [9.17, 15) is 0 Å². The SMILES string of the molecule is CN1CC(N(C)[C@@H]2CN(C)C(C)(C)C2)C1. The highest BCUT2D eigenvalue weighted by atomic mass is 15.3. The van der Waals surface area contributed by atoms with Crippen LogP contribution < -0.4 is 0 Å². The van der Waals surface area contributed by atoms with Crippen LogP contribution in [0, 0.1) is 0 Å². The van der Waals surface area contributed by atoms with Crippen LogP contribution in [0.15, 0.2) is 0 Å². The Kier molecular flexibility index (Phi) is 2.82. The Balaban J connectivity index is 1.90. The Morgan fingerprint density at radius 3 is 2.07 bits per heavy atom. The molecule has 2 aliphatic heterocycles. The van der Waals surface area contributed by atoms with Crippen LogP contribution in [0.3, 0.4) is 0 Å². The van der Waals surface area contributed by atoms with Crippen LogP contribution in [0.5, 0.6) is 0 Å². The Hall–Kier alpha value is -0.120. The Morgan fingerprint density at radius 2 is 1.67 bits per heavy atom. The summed E-state index contributed by atoms with van der Waals surface area (Å²) in [4.78, 5) is 7.49. The summed E-state index contributed by atoms with van der Waals surface area (Å²) in [5.74, 6) is 0. The summed E-state index contributed by atoms with van der Waals surface area (Å²) in [5.41, 5.74) is 0.384. The zero-order valence-electron chi connectivity index (χ0n) is 10.8. The van der Waals surface area contributed by atoms with Gasteiger partial charge in [0.15, 0.2) is 0 Å². The minimum Gasteiger partial charge on any atom is -0.303 e. The molecule has 2 heterocycles. The Labute approximate surface area is 94.0 Å². The number of hydrogen-bond acceptors (Lipinski definition) is 3. The molecule has 2 aliphatic rings. The zero-order chi connectivity index (χ0) is 11.2. The van der Waals surface area contributed by atoms with Gasteiger partial charge < -0.3 is 4.90 Å². The summed E-state index contributed by atoms with van der Waals surface area (Å²) < 4.78 is 0. The molecule has 0 bridgehead atoms. The summed E-state index contributed by atoms with van der Waals surface area (Å²) in [6.07, 6.45) is 1.31. The molecule has 3 heteroatoms. The quantitative estimate of drug-likeness (QED) is 0.666. The van der Waals surface area contributed by atoms with Gasteiger partial charge in [-0.1, -0.05) is 0 Å². The maximum Gasteiger partial charge on any atom is 0.0350 e. The van der Waals surface area contributed by atoms with Gasteiger partial charge in [-0.05, 0) is 41.4 Å². The molecule has 0 unspecified atom stereocenters. The standard InChI is InChI=1S/C12H25N3/c1-12(2)6-10(9-14(12)4)15(5)11-7-13(3)8-11/h10-11H,6-9H2,1-5H3/t10-/m0/s1. The molecule has 2 saturated heterocycles. The van der Waals surface area contributed by atoms with Crippen LogP contribution in [-0.4, -0.2) is 73.1 Å². The van der Waals surface area contributed by atoms with E-state index in [0.29, 0.717) is 5.54 Å². The van der Waals surface area contributed by atoms with E-state index >= 15 is 0 Å². The van der Waals surface area contributed by atoms with Crippen LogP contribution >= 0.6 is 0 Å². The first kappa shape index (κ1) is 11.4. The molecule has 0 aliphatic carbocycles. The van der Waals surface area contributed by atoms with Crippen molar-refractivity contribution >= 4 is 0 Å². The molecule has 0 spiro atoms. The van der Waals surface area contributed by atoms with Gasteiger partial charge in [0.25, 0.3) is 0 Å². The molecular formula is C12H25N3. The second-order valence-corrected chi connectivity index (χ2v) is 6.09. The van der Waals surface area contributed by atoms with Crippen molar-refractivity contribution < 1.29 is 0 Å². The van der Waals surface area contributed by atoms with Crippen molar-refractivity contribution in [1.29, 1.82) is 0 Å². The third kappa shape index (κ3) is 2.05. The number of likely N-dealkylation sites (N-methyl/N-ethyl adjacent to an activating group) is 3. The van der Waals surface area contributed by atoms with Crippen molar-refractivity contribution in [3.8, 4) is 0 Å². The van der Waals surface area contributed by atoms with Gasteiger partial charge in [-0.15, -0.1) is 0 Å². The normalized spacial score (nSPS) is 33.6. The molecule has 88 valence electrons. The van der Waals surface area contributed by atoms with E-state index in [1.54, 1.807) is 0 Å². The molecule has 2 rings (SSSR count). The molecule has 0 radical (unpaired) electrons. The molecule has 0 amide bonds. The van der Waals surface area contributed by atoms with Gasteiger partial charge in [0, 0.05) is 37.3 Å². The minimum atomic E-state index is 0.384. The number of likely N-dealkylation sites (tertiary alicyclic amines) is 2. The fourth-order valence-corrected chi connectivity index (χ4v) is 2.85. The van der Waals surface area contributed by atoms with Crippen LogP contribution in [0.2, 0.25) is 0 Å². The second kappa shape index (κ2) is 3.72. The zero-order valence-corrected chi connectivity index (χ0v) is 10.8. The van der Waals surface area contributed by atoms with Crippen molar-refractivity contribution in [2.45, 2.75) is 37.9 Å². The lowest BCUT2D eigenvalue weighted by Crippen LogP contribution is -2.59. The molecule has 2 fully saturated rings. The first-order valence-electron chi connectivity index (χ1n) is 6.02. The highest BCUT2D eigenvalue weighted by Gasteiger charge is 2.40. The van der Waals surface area contributed by atoms with Crippen molar-refractivity contribution in [3.63, 3.8) is 0 Å². The molecule has 0 N–H and O–H groups in total. The summed E-state index contributed by atoms with van der Waals surface area (Å²) in [7, 11) is 6.76. The van der Waals surface area contributed by atoms with E-state index in [1.165, 1.54) is 26.1 Å². The van der Waals surface area contributed by atoms with Crippen molar-refractivity contribution in [2.24, 2.45) is 0 Å².